The largest absolute Gasteiger partial charge is 0.486 e. The Labute approximate surface area is 129 Å². The fourth-order valence-electron chi connectivity index (χ4n) is 2.40. The van der Waals surface area contributed by atoms with Crippen LogP contribution in [-0.4, -0.2) is 35.8 Å². The molecule has 0 aromatic heterocycles. The molecule has 0 amide bonds. The first-order valence-corrected chi connectivity index (χ1v) is 8.99. The Hall–Kier alpha value is -1.07. The van der Waals surface area contributed by atoms with E-state index in [4.69, 9.17) is 9.47 Å². The Morgan fingerprint density at radius 3 is 2.62 bits per heavy atom. The van der Waals surface area contributed by atoms with Gasteiger partial charge in [0.15, 0.2) is 11.5 Å². The van der Waals surface area contributed by atoms with Crippen LogP contribution in [0, 0.1) is 5.92 Å². The molecular formula is C16H25NO3S. The average molecular weight is 311 g/mol. The molecule has 1 aliphatic rings. The number of hydrogen-bond acceptors (Lipinski definition) is 4. The second-order valence-corrected chi connectivity index (χ2v) is 6.86. The summed E-state index contributed by atoms with van der Waals surface area (Å²) in [5, 5.41) is 3.45. The fraction of sp³-hybridized carbons (Fsp3) is 0.625. The highest BCUT2D eigenvalue weighted by Crippen LogP contribution is 2.32. The van der Waals surface area contributed by atoms with Gasteiger partial charge < -0.3 is 14.8 Å². The molecule has 1 aromatic rings. The van der Waals surface area contributed by atoms with Crippen molar-refractivity contribution < 1.29 is 13.7 Å². The molecule has 0 bridgehead atoms. The van der Waals surface area contributed by atoms with Crippen molar-refractivity contribution in [3.8, 4) is 11.5 Å². The van der Waals surface area contributed by atoms with Gasteiger partial charge >= 0.3 is 0 Å². The summed E-state index contributed by atoms with van der Waals surface area (Å²) < 4.78 is 23.7. The SMILES string of the molecule is CCNC(CS(=O)c1ccc2c(c1)OCCO2)C(C)CC. The summed E-state index contributed by atoms with van der Waals surface area (Å²) >= 11 is 0. The molecule has 0 radical (unpaired) electrons. The third kappa shape index (κ3) is 4.20. The van der Waals surface area contributed by atoms with E-state index in [0.29, 0.717) is 30.6 Å². The number of benzene rings is 1. The lowest BCUT2D eigenvalue weighted by Gasteiger charge is -2.24. The predicted octanol–water partition coefficient (Wildman–Crippen LogP) is 2.59. The molecular weight excluding hydrogens is 286 g/mol. The van der Waals surface area contributed by atoms with Crippen LogP contribution in [0.4, 0.5) is 0 Å². The van der Waals surface area contributed by atoms with Gasteiger partial charge in [0.2, 0.25) is 0 Å². The van der Waals surface area contributed by atoms with Crippen molar-refractivity contribution in [3.05, 3.63) is 18.2 Å². The van der Waals surface area contributed by atoms with Gasteiger partial charge in [0.25, 0.3) is 0 Å². The fourth-order valence-corrected chi connectivity index (χ4v) is 3.82. The minimum atomic E-state index is -1.03. The molecule has 1 aliphatic heterocycles. The van der Waals surface area contributed by atoms with Gasteiger partial charge in [-0.25, -0.2) is 0 Å². The van der Waals surface area contributed by atoms with Gasteiger partial charge in [-0.3, -0.25) is 4.21 Å². The highest BCUT2D eigenvalue weighted by molar-refractivity contribution is 7.85. The third-order valence-electron chi connectivity index (χ3n) is 3.90. The van der Waals surface area contributed by atoms with E-state index in [1.54, 1.807) is 0 Å². The lowest BCUT2D eigenvalue weighted by Crippen LogP contribution is -2.39. The van der Waals surface area contributed by atoms with Crippen LogP contribution in [-0.2, 0) is 10.8 Å². The molecule has 0 aliphatic carbocycles. The number of nitrogens with one attached hydrogen (secondary N) is 1. The molecule has 3 unspecified atom stereocenters. The van der Waals surface area contributed by atoms with E-state index in [9.17, 15) is 4.21 Å². The number of fused-ring (bicyclic) bond motifs is 1. The summed E-state index contributed by atoms with van der Waals surface area (Å²) in [5.74, 6) is 2.58. The van der Waals surface area contributed by atoms with E-state index in [-0.39, 0.29) is 6.04 Å². The molecule has 4 nitrogen and oxygen atoms in total. The topological polar surface area (TPSA) is 47.6 Å². The minimum absolute atomic E-state index is 0.272. The maximum absolute atomic E-state index is 12.6. The van der Waals surface area contributed by atoms with Crippen molar-refractivity contribution in [1.29, 1.82) is 0 Å². The second kappa shape index (κ2) is 7.80. The molecule has 0 fully saturated rings. The quantitative estimate of drug-likeness (QED) is 0.841. The van der Waals surface area contributed by atoms with Gasteiger partial charge in [-0.2, -0.15) is 0 Å². The Bertz CT molecular complexity index is 492. The van der Waals surface area contributed by atoms with Crippen LogP contribution in [0.25, 0.3) is 0 Å². The number of hydrogen-bond donors (Lipinski definition) is 1. The van der Waals surface area contributed by atoms with Crippen molar-refractivity contribution >= 4 is 10.8 Å². The zero-order valence-electron chi connectivity index (χ0n) is 13.1. The lowest BCUT2D eigenvalue weighted by atomic mass is 10.0. The molecule has 0 spiro atoms. The molecule has 1 aromatic carbocycles. The molecule has 0 saturated heterocycles. The molecule has 3 atom stereocenters. The molecule has 1 heterocycles. The molecule has 2 rings (SSSR count). The summed E-state index contributed by atoms with van der Waals surface area (Å²) in [5.41, 5.74) is 0. The number of ether oxygens (including phenoxy) is 2. The van der Waals surface area contributed by atoms with E-state index >= 15 is 0 Å². The summed E-state index contributed by atoms with van der Waals surface area (Å²) in [7, 11) is -1.03. The average Bonchev–Trinajstić information content (AvgIpc) is 2.53. The molecule has 21 heavy (non-hydrogen) atoms. The van der Waals surface area contributed by atoms with Crippen molar-refractivity contribution in [1.82, 2.24) is 5.32 Å². The van der Waals surface area contributed by atoms with Gasteiger partial charge in [-0.05, 0) is 24.6 Å². The first kappa shape index (κ1) is 16.3. The molecule has 1 N–H and O–H groups in total. The highest BCUT2D eigenvalue weighted by Gasteiger charge is 2.20. The zero-order valence-corrected chi connectivity index (χ0v) is 13.9. The normalized spacial score (nSPS) is 18.0. The Balaban J connectivity index is 2.08. The Morgan fingerprint density at radius 2 is 1.95 bits per heavy atom. The minimum Gasteiger partial charge on any atom is -0.486 e. The maximum atomic E-state index is 12.6. The van der Waals surface area contributed by atoms with E-state index < -0.39 is 10.8 Å². The van der Waals surface area contributed by atoms with E-state index in [1.165, 1.54) is 0 Å². The van der Waals surface area contributed by atoms with Crippen LogP contribution < -0.4 is 14.8 Å². The third-order valence-corrected chi connectivity index (χ3v) is 5.35. The van der Waals surface area contributed by atoms with Crippen molar-refractivity contribution in [2.24, 2.45) is 5.92 Å². The lowest BCUT2D eigenvalue weighted by molar-refractivity contribution is 0.171. The van der Waals surface area contributed by atoms with Crippen LogP contribution in [0.15, 0.2) is 23.1 Å². The second-order valence-electron chi connectivity index (χ2n) is 5.37. The summed E-state index contributed by atoms with van der Waals surface area (Å²) in [6, 6.07) is 5.86. The van der Waals surface area contributed by atoms with Crippen molar-refractivity contribution in [3.63, 3.8) is 0 Å². The zero-order chi connectivity index (χ0) is 15.2. The Kier molecular flexibility index (Phi) is 6.06. The highest BCUT2D eigenvalue weighted by atomic mass is 32.2. The number of rotatable bonds is 7. The smallest absolute Gasteiger partial charge is 0.162 e. The van der Waals surface area contributed by atoms with Gasteiger partial charge in [-0.1, -0.05) is 27.2 Å². The summed E-state index contributed by atoms with van der Waals surface area (Å²) in [4.78, 5) is 0.811. The van der Waals surface area contributed by atoms with Crippen LogP contribution in [0.1, 0.15) is 27.2 Å². The molecule has 0 saturated carbocycles. The molecule has 118 valence electrons. The molecule has 5 heteroatoms. The van der Waals surface area contributed by atoms with Gasteiger partial charge in [0, 0.05) is 22.8 Å². The van der Waals surface area contributed by atoms with Crippen molar-refractivity contribution in [2.75, 3.05) is 25.5 Å². The van der Waals surface area contributed by atoms with Gasteiger partial charge in [0.1, 0.15) is 13.2 Å². The van der Waals surface area contributed by atoms with E-state index in [1.807, 2.05) is 18.2 Å². The van der Waals surface area contributed by atoms with E-state index in [0.717, 1.165) is 23.6 Å². The van der Waals surface area contributed by atoms with Gasteiger partial charge in [-0.15, -0.1) is 0 Å². The maximum Gasteiger partial charge on any atom is 0.162 e. The summed E-state index contributed by atoms with van der Waals surface area (Å²) in [6.07, 6.45) is 1.08. The van der Waals surface area contributed by atoms with Gasteiger partial charge in [0.05, 0.1) is 10.8 Å². The Morgan fingerprint density at radius 1 is 1.24 bits per heavy atom. The van der Waals surface area contributed by atoms with Crippen LogP contribution in [0.2, 0.25) is 0 Å². The predicted molar refractivity (Wildman–Crippen MR) is 85.6 cm³/mol. The van der Waals surface area contributed by atoms with Crippen LogP contribution in [0.3, 0.4) is 0 Å². The van der Waals surface area contributed by atoms with Crippen LogP contribution in [0.5, 0.6) is 11.5 Å². The van der Waals surface area contributed by atoms with Crippen molar-refractivity contribution in [2.45, 2.75) is 38.1 Å². The van der Waals surface area contributed by atoms with Crippen LogP contribution >= 0.6 is 0 Å². The first-order chi connectivity index (χ1) is 10.2. The monoisotopic (exact) mass is 311 g/mol. The standard InChI is InChI=1S/C16H25NO3S/c1-4-12(3)14(17-5-2)11-21(18)13-6-7-15-16(10-13)20-9-8-19-15/h6-7,10,12,14,17H,4-5,8-9,11H2,1-3H3. The van der Waals surface area contributed by atoms with E-state index in [2.05, 4.69) is 26.1 Å². The first-order valence-electron chi connectivity index (χ1n) is 7.67. The summed E-state index contributed by atoms with van der Waals surface area (Å²) in [6.45, 7) is 8.48.